The number of carbonyl (C=O) groups is 2. The van der Waals surface area contributed by atoms with Crippen LogP contribution in [0.1, 0.15) is 17.3 Å². The first-order valence-electron chi connectivity index (χ1n) is 5.97. The van der Waals surface area contributed by atoms with Gasteiger partial charge in [0.25, 0.3) is 0 Å². The van der Waals surface area contributed by atoms with Gasteiger partial charge < -0.3 is 25.2 Å². The molecule has 0 aliphatic carbocycles. The lowest BCUT2D eigenvalue weighted by Gasteiger charge is -2.13. The van der Waals surface area contributed by atoms with E-state index >= 15 is 0 Å². The summed E-state index contributed by atoms with van der Waals surface area (Å²) >= 11 is 0. The molecular weight excluding hydrogens is 264 g/mol. The van der Waals surface area contributed by atoms with E-state index in [9.17, 15) is 9.59 Å². The van der Waals surface area contributed by atoms with Crippen molar-refractivity contribution in [3.05, 3.63) is 23.8 Å². The van der Waals surface area contributed by atoms with Gasteiger partial charge in [0, 0.05) is 19.7 Å². The van der Waals surface area contributed by atoms with Gasteiger partial charge in [-0.05, 0) is 19.1 Å². The minimum absolute atomic E-state index is 0.0132. The lowest BCUT2D eigenvalue weighted by atomic mass is 10.1. The molecule has 0 spiro atoms. The van der Waals surface area contributed by atoms with Crippen molar-refractivity contribution >= 4 is 17.7 Å². The fraction of sp³-hybridized carbons (Fsp3) is 0.385. The minimum Gasteiger partial charge on any atom is -0.497 e. The van der Waals surface area contributed by atoms with E-state index in [1.54, 1.807) is 6.92 Å². The second kappa shape index (κ2) is 7.34. The van der Waals surface area contributed by atoms with Gasteiger partial charge in [-0.15, -0.1) is 0 Å². The zero-order valence-electron chi connectivity index (χ0n) is 11.6. The fourth-order valence-corrected chi connectivity index (χ4v) is 1.43. The molecular formula is C13H18N2O5. The fourth-order valence-electron chi connectivity index (χ4n) is 1.43. The maximum Gasteiger partial charge on any atom is 0.337 e. The van der Waals surface area contributed by atoms with Crippen molar-refractivity contribution in [3.8, 4) is 5.75 Å². The summed E-state index contributed by atoms with van der Waals surface area (Å²) in [5.74, 6) is -0.677. The van der Waals surface area contributed by atoms with Gasteiger partial charge in [-0.2, -0.15) is 0 Å². The number of carboxylic acid groups (broad SMARTS) is 1. The lowest BCUT2D eigenvalue weighted by Crippen LogP contribution is -2.35. The van der Waals surface area contributed by atoms with Crippen molar-refractivity contribution in [2.75, 3.05) is 26.1 Å². The number of hydrogen-bond donors (Lipinski definition) is 3. The molecule has 0 saturated heterocycles. The Morgan fingerprint density at radius 2 is 2.05 bits per heavy atom. The molecule has 0 aliphatic rings. The Kier molecular flexibility index (Phi) is 5.79. The van der Waals surface area contributed by atoms with Gasteiger partial charge in [0.15, 0.2) is 0 Å². The van der Waals surface area contributed by atoms with E-state index < -0.39 is 12.0 Å². The smallest absolute Gasteiger partial charge is 0.337 e. The average Bonchev–Trinajstić information content (AvgIpc) is 2.44. The van der Waals surface area contributed by atoms with Crippen LogP contribution in [0.2, 0.25) is 0 Å². The third-order valence-corrected chi connectivity index (χ3v) is 2.66. The summed E-state index contributed by atoms with van der Waals surface area (Å²) in [6, 6.07) is 3.82. The topological polar surface area (TPSA) is 96.9 Å². The summed E-state index contributed by atoms with van der Waals surface area (Å²) < 4.78 is 9.99. The molecule has 0 aromatic heterocycles. The van der Waals surface area contributed by atoms with Crippen molar-refractivity contribution in [2.24, 2.45) is 0 Å². The van der Waals surface area contributed by atoms with Crippen molar-refractivity contribution in [2.45, 2.75) is 13.0 Å². The van der Waals surface area contributed by atoms with E-state index in [4.69, 9.17) is 14.6 Å². The Bertz CT molecular complexity index is 490. The number of carbonyl (C=O) groups excluding carboxylic acids is 1. The second-order valence-corrected chi connectivity index (χ2v) is 4.10. The van der Waals surface area contributed by atoms with Gasteiger partial charge in [-0.3, -0.25) is 0 Å². The predicted octanol–water partition coefficient (Wildman–Crippen LogP) is 1.55. The monoisotopic (exact) mass is 282 g/mol. The number of hydrogen-bond acceptors (Lipinski definition) is 4. The van der Waals surface area contributed by atoms with Crippen LogP contribution >= 0.6 is 0 Å². The van der Waals surface area contributed by atoms with E-state index in [-0.39, 0.29) is 17.4 Å². The lowest BCUT2D eigenvalue weighted by molar-refractivity contribution is 0.0698. The van der Waals surface area contributed by atoms with Gasteiger partial charge in [-0.1, -0.05) is 0 Å². The molecule has 1 aromatic rings. The van der Waals surface area contributed by atoms with E-state index in [1.165, 1.54) is 32.4 Å². The highest BCUT2D eigenvalue weighted by Gasteiger charge is 2.14. The Labute approximate surface area is 116 Å². The van der Waals surface area contributed by atoms with Crippen molar-refractivity contribution in [1.82, 2.24) is 5.32 Å². The summed E-state index contributed by atoms with van der Waals surface area (Å²) in [5.41, 5.74) is 0.153. The number of urea groups is 1. The molecule has 0 radical (unpaired) electrons. The molecule has 1 atom stereocenters. The first kappa shape index (κ1) is 15.8. The third kappa shape index (κ3) is 4.43. The van der Waals surface area contributed by atoms with Crippen LogP contribution < -0.4 is 15.4 Å². The summed E-state index contributed by atoms with van der Waals surface area (Å²) in [5, 5.41) is 14.1. The molecule has 1 rings (SSSR count). The zero-order chi connectivity index (χ0) is 15.1. The zero-order valence-corrected chi connectivity index (χ0v) is 11.6. The van der Waals surface area contributed by atoms with Gasteiger partial charge in [0.05, 0.1) is 24.5 Å². The van der Waals surface area contributed by atoms with Crippen LogP contribution in [0.15, 0.2) is 18.2 Å². The number of ether oxygens (including phenoxy) is 2. The number of nitrogens with one attached hydrogen (secondary N) is 2. The van der Waals surface area contributed by atoms with Crippen LogP contribution in [-0.2, 0) is 4.74 Å². The van der Waals surface area contributed by atoms with Crippen molar-refractivity contribution in [1.29, 1.82) is 0 Å². The Balaban J connectivity index is 2.79. The highest BCUT2D eigenvalue weighted by atomic mass is 16.5. The molecule has 1 unspecified atom stereocenters. The molecule has 0 heterocycles. The molecule has 3 N–H and O–H groups in total. The van der Waals surface area contributed by atoms with Gasteiger partial charge in [-0.25, -0.2) is 9.59 Å². The number of carboxylic acids is 1. The van der Waals surface area contributed by atoms with E-state index in [0.717, 1.165) is 0 Å². The second-order valence-electron chi connectivity index (χ2n) is 4.10. The molecule has 0 fully saturated rings. The number of rotatable bonds is 6. The SMILES string of the molecule is COc1ccc(C(=O)O)c(NC(=O)NCC(C)OC)c1. The number of amides is 2. The Morgan fingerprint density at radius 3 is 2.60 bits per heavy atom. The van der Waals surface area contributed by atoms with Crippen LogP contribution in [0.5, 0.6) is 5.75 Å². The Hall–Kier alpha value is -2.28. The largest absolute Gasteiger partial charge is 0.497 e. The molecule has 7 nitrogen and oxygen atoms in total. The molecule has 0 saturated carbocycles. The first-order valence-corrected chi connectivity index (χ1v) is 5.97. The van der Waals surface area contributed by atoms with Crippen LogP contribution in [0, 0.1) is 0 Å². The average molecular weight is 282 g/mol. The number of aromatic carboxylic acids is 1. The van der Waals surface area contributed by atoms with E-state index in [1.807, 2.05) is 0 Å². The molecule has 1 aromatic carbocycles. The molecule has 2 amide bonds. The van der Waals surface area contributed by atoms with Crippen molar-refractivity contribution < 1.29 is 24.2 Å². The maximum atomic E-state index is 11.7. The van der Waals surface area contributed by atoms with Crippen molar-refractivity contribution in [3.63, 3.8) is 0 Å². The van der Waals surface area contributed by atoms with Gasteiger partial charge in [0.1, 0.15) is 5.75 Å². The number of benzene rings is 1. The van der Waals surface area contributed by atoms with Crippen LogP contribution in [0.4, 0.5) is 10.5 Å². The van der Waals surface area contributed by atoms with Crippen LogP contribution in [-0.4, -0.2) is 44.0 Å². The summed E-state index contributed by atoms with van der Waals surface area (Å²) in [6.07, 6.45) is -0.134. The summed E-state index contributed by atoms with van der Waals surface area (Å²) in [7, 11) is 2.99. The van der Waals surface area contributed by atoms with Gasteiger partial charge in [0.2, 0.25) is 0 Å². The molecule has 7 heteroatoms. The molecule has 110 valence electrons. The quantitative estimate of drug-likeness (QED) is 0.735. The summed E-state index contributed by atoms with van der Waals surface area (Å²) in [6.45, 7) is 2.11. The number of anilines is 1. The van der Waals surface area contributed by atoms with Crippen LogP contribution in [0.3, 0.4) is 0 Å². The van der Waals surface area contributed by atoms with E-state index in [0.29, 0.717) is 12.3 Å². The normalized spacial score (nSPS) is 11.6. The summed E-state index contributed by atoms with van der Waals surface area (Å²) in [4.78, 5) is 22.8. The van der Waals surface area contributed by atoms with Crippen LogP contribution in [0.25, 0.3) is 0 Å². The maximum absolute atomic E-state index is 11.7. The highest BCUT2D eigenvalue weighted by molar-refractivity contribution is 6.00. The molecule has 0 aliphatic heterocycles. The number of methoxy groups -OCH3 is 2. The standard InChI is InChI=1S/C13H18N2O5/c1-8(19-2)7-14-13(18)15-11-6-9(20-3)4-5-10(11)12(16)17/h4-6,8H,7H2,1-3H3,(H,16,17)(H2,14,15,18). The predicted molar refractivity (Wildman–Crippen MR) is 73.4 cm³/mol. The Morgan fingerprint density at radius 1 is 1.35 bits per heavy atom. The minimum atomic E-state index is -1.13. The first-order chi connectivity index (χ1) is 9.47. The third-order valence-electron chi connectivity index (χ3n) is 2.66. The molecule has 0 bridgehead atoms. The van der Waals surface area contributed by atoms with Gasteiger partial charge >= 0.3 is 12.0 Å². The van der Waals surface area contributed by atoms with E-state index in [2.05, 4.69) is 10.6 Å². The molecule has 20 heavy (non-hydrogen) atoms. The highest BCUT2D eigenvalue weighted by Crippen LogP contribution is 2.22.